The van der Waals surface area contributed by atoms with Crippen molar-refractivity contribution >= 4 is 34.3 Å². The quantitative estimate of drug-likeness (QED) is 0.356. The van der Waals surface area contributed by atoms with Crippen LogP contribution >= 0.6 is 0 Å². The highest BCUT2D eigenvalue weighted by atomic mass is 16.5. The van der Waals surface area contributed by atoms with E-state index in [0.717, 1.165) is 48.3 Å². The molecule has 1 aliphatic rings. The number of carbonyl (C=O) groups is 1. The maximum absolute atomic E-state index is 13.0. The van der Waals surface area contributed by atoms with E-state index >= 15 is 0 Å². The molecule has 4 aromatic rings. The summed E-state index contributed by atoms with van der Waals surface area (Å²) in [6.07, 6.45) is 7.04. The van der Waals surface area contributed by atoms with E-state index in [4.69, 9.17) is 4.74 Å². The van der Waals surface area contributed by atoms with Crippen LogP contribution < -0.4 is 15.4 Å². The van der Waals surface area contributed by atoms with Gasteiger partial charge < -0.3 is 25.3 Å². The third-order valence-electron chi connectivity index (χ3n) is 6.47. The summed E-state index contributed by atoms with van der Waals surface area (Å²) in [5.74, 6) is 1.29. The molecular weight excluding hydrogens is 460 g/mol. The second-order valence-electron chi connectivity index (χ2n) is 8.91. The van der Waals surface area contributed by atoms with E-state index in [1.165, 1.54) is 0 Å². The molecule has 0 aliphatic carbocycles. The fourth-order valence-electron chi connectivity index (χ4n) is 4.35. The lowest BCUT2D eigenvalue weighted by Gasteiger charge is -2.35. The van der Waals surface area contributed by atoms with Gasteiger partial charge in [-0.25, -0.2) is 15.0 Å². The van der Waals surface area contributed by atoms with Crippen LogP contribution in [-0.2, 0) is 11.8 Å². The normalized spacial score (nSPS) is 15.7. The largest absolute Gasteiger partial charge is 0.478 e. The first-order valence-corrected chi connectivity index (χ1v) is 11.8. The van der Waals surface area contributed by atoms with E-state index in [-0.39, 0.29) is 11.9 Å². The van der Waals surface area contributed by atoms with Gasteiger partial charge in [0.1, 0.15) is 5.69 Å². The van der Waals surface area contributed by atoms with Crippen molar-refractivity contribution in [3.8, 4) is 17.1 Å². The van der Waals surface area contributed by atoms with Crippen molar-refractivity contribution in [1.82, 2.24) is 39.5 Å². The number of fused-ring (bicyclic) bond motifs is 1. The second-order valence-corrected chi connectivity index (χ2v) is 8.91. The molecule has 36 heavy (non-hydrogen) atoms. The van der Waals surface area contributed by atoms with E-state index in [2.05, 4.69) is 52.5 Å². The van der Waals surface area contributed by atoms with Gasteiger partial charge >= 0.3 is 0 Å². The van der Waals surface area contributed by atoms with Gasteiger partial charge in [-0.05, 0) is 26.1 Å². The molecule has 1 aliphatic heterocycles. The maximum Gasteiger partial charge on any atom is 0.256 e. The van der Waals surface area contributed by atoms with Gasteiger partial charge in [0.15, 0.2) is 5.82 Å². The Morgan fingerprint density at radius 2 is 1.92 bits per heavy atom. The Balaban J connectivity index is 1.37. The van der Waals surface area contributed by atoms with Crippen LogP contribution in [0.5, 0.6) is 5.88 Å². The van der Waals surface area contributed by atoms with Crippen LogP contribution in [0.25, 0.3) is 22.2 Å². The number of H-pyrrole nitrogens is 1. The first-order valence-electron chi connectivity index (χ1n) is 11.8. The van der Waals surface area contributed by atoms with Gasteiger partial charge in [0.2, 0.25) is 11.9 Å². The molecule has 0 radical (unpaired) electrons. The summed E-state index contributed by atoms with van der Waals surface area (Å²) >= 11 is 0. The number of piperazine rings is 1. The Bertz CT molecular complexity index is 1370. The number of pyridine rings is 1. The Labute approximate surface area is 208 Å². The van der Waals surface area contributed by atoms with Gasteiger partial charge in [-0.1, -0.05) is 0 Å². The van der Waals surface area contributed by atoms with Crippen molar-refractivity contribution in [3.05, 3.63) is 36.9 Å². The Morgan fingerprint density at radius 1 is 1.14 bits per heavy atom. The van der Waals surface area contributed by atoms with Crippen molar-refractivity contribution in [1.29, 1.82) is 0 Å². The number of nitrogens with one attached hydrogen (secondary N) is 3. The van der Waals surface area contributed by atoms with Gasteiger partial charge in [-0.2, -0.15) is 0 Å². The predicted octanol–water partition coefficient (Wildman–Crippen LogP) is 2.08. The average molecular weight is 491 g/mol. The molecule has 0 spiro atoms. The van der Waals surface area contributed by atoms with E-state index in [1.807, 2.05) is 32.3 Å². The molecule has 1 saturated heterocycles. The molecule has 12 nitrogen and oxygen atoms in total. The van der Waals surface area contributed by atoms with E-state index in [9.17, 15) is 4.79 Å². The number of nitrogens with zero attached hydrogens (tertiary/aromatic N) is 7. The number of aromatic nitrogens is 6. The first kappa shape index (κ1) is 23.7. The van der Waals surface area contributed by atoms with Gasteiger partial charge in [-0.3, -0.25) is 14.4 Å². The minimum absolute atomic E-state index is 0.0744. The van der Waals surface area contributed by atoms with E-state index in [1.54, 1.807) is 30.4 Å². The van der Waals surface area contributed by atoms with Crippen LogP contribution in [0, 0.1) is 0 Å². The van der Waals surface area contributed by atoms with Crippen LogP contribution in [0.15, 0.2) is 36.9 Å². The molecule has 1 atom stereocenters. The molecule has 188 valence electrons. The summed E-state index contributed by atoms with van der Waals surface area (Å²) in [6.45, 7) is 5.58. The summed E-state index contributed by atoms with van der Waals surface area (Å²) in [6, 6.07) is 3.49. The molecule has 4 aromatic heterocycles. The zero-order chi connectivity index (χ0) is 25.2. The maximum atomic E-state index is 13.0. The third kappa shape index (κ3) is 4.72. The number of rotatable bonds is 7. The average Bonchev–Trinajstić information content (AvgIpc) is 3.47. The SMILES string of the molecule is COc1nn(C)cc1Nc1nccc(-c2c[nH]c3c(NC(=O)C(C)N4CCN(C)CC4)nccc23)n1. The lowest BCUT2D eigenvalue weighted by Crippen LogP contribution is -2.51. The highest BCUT2D eigenvalue weighted by molar-refractivity contribution is 6.05. The number of aromatic amines is 1. The molecule has 0 aromatic carbocycles. The van der Waals surface area contributed by atoms with Crippen molar-refractivity contribution in [2.45, 2.75) is 13.0 Å². The Kier molecular flexibility index (Phi) is 6.53. The Morgan fingerprint density at radius 3 is 2.69 bits per heavy atom. The highest BCUT2D eigenvalue weighted by Crippen LogP contribution is 2.31. The fraction of sp³-hybridized carbons (Fsp3) is 0.375. The molecule has 1 amide bonds. The molecular formula is C24H30N10O2. The minimum atomic E-state index is -0.245. The standard InChI is InChI=1S/C24H30N10O2/c1-15(34-11-9-32(2)10-12-34)22(35)30-21-20-16(5-7-25-21)17(13-27-20)18-6-8-26-24(28-18)29-19-14-33(3)31-23(19)36-4/h5-8,13-15,27H,9-12H2,1-4H3,(H,25,30,35)(H,26,28,29). The topological polar surface area (TPSA) is 129 Å². The number of carbonyl (C=O) groups excluding carboxylic acids is 1. The number of anilines is 3. The number of hydrogen-bond acceptors (Lipinski definition) is 9. The van der Waals surface area contributed by atoms with Crippen molar-refractivity contribution < 1.29 is 9.53 Å². The summed E-state index contributed by atoms with van der Waals surface area (Å²) in [7, 11) is 5.47. The summed E-state index contributed by atoms with van der Waals surface area (Å²) in [5, 5.41) is 11.3. The zero-order valence-corrected chi connectivity index (χ0v) is 20.8. The lowest BCUT2D eigenvalue weighted by molar-refractivity contribution is -0.121. The molecule has 1 unspecified atom stereocenters. The summed E-state index contributed by atoms with van der Waals surface area (Å²) < 4.78 is 6.95. The minimum Gasteiger partial charge on any atom is -0.478 e. The number of methoxy groups -OCH3 is 1. The second kappa shape index (κ2) is 9.91. The number of ether oxygens (including phenoxy) is 1. The molecule has 0 saturated carbocycles. The summed E-state index contributed by atoms with van der Waals surface area (Å²) in [4.78, 5) is 34.2. The molecule has 1 fully saturated rings. The lowest BCUT2D eigenvalue weighted by atomic mass is 10.1. The van der Waals surface area contributed by atoms with Crippen molar-refractivity contribution in [2.24, 2.45) is 7.05 Å². The van der Waals surface area contributed by atoms with Crippen LogP contribution in [0.1, 0.15) is 6.92 Å². The molecule has 3 N–H and O–H groups in total. The van der Waals surface area contributed by atoms with Crippen LogP contribution in [0.3, 0.4) is 0 Å². The van der Waals surface area contributed by atoms with Crippen molar-refractivity contribution in [3.63, 3.8) is 0 Å². The predicted molar refractivity (Wildman–Crippen MR) is 137 cm³/mol. The number of likely N-dealkylation sites (N-methyl/N-ethyl adjacent to an activating group) is 1. The molecule has 5 heterocycles. The van der Waals surface area contributed by atoms with Crippen LogP contribution in [-0.4, -0.2) is 91.8 Å². The molecule has 0 bridgehead atoms. The van der Waals surface area contributed by atoms with Gasteiger partial charge in [0.05, 0.1) is 30.6 Å². The van der Waals surface area contributed by atoms with Gasteiger partial charge in [-0.15, -0.1) is 5.10 Å². The van der Waals surface area contributed by atoms with Gasteiger partial charge in [0, 0.05) is 62.8 Å². The van der Waals surface area contributed by atoms with Crippen LogP contribution in [0.2, 0.25) is 0 Å². The monoisotopic (exact) mass is 490 g/mol. The first-order chi connectivity index (χ1) is 17.4. The molecule has 5 rings (SSSR count). The van der Waals surface area contributed by atoms with Crippen molar-refractivity contribution in [2.75, 3.05) is 51.0 Å². The zero-order valence-electron chi connectivity index (χ0n) is 20.8. The summed E-state index contributed by atoms with van der Waals surface area (Å²) in [5.41, 5.74) is 3.00. The van der Waals surface area contributed by atoms with E-state index < -0.39 is 0 Å². The highest BCUT2D eigenvalue weighted by Gasteiger charge is 2.25. The third-order valence-corrected chi connectivity index (χ3v) is 6.47. The fourth-order valence-corrected chi connectivity index (χ4v) is 4.35. The smallest absolute Gasteiger partial charge is 0.256 e. The molecule has 12 heteroatoms. The number of aryl methyl sites for hydroxylation is 1. The Hall–Kier alpha value is -4.03. The van der Waals surface area contributed by atoms with Gasteiger partial charge in [0.25, 0.3) is 5.88 Å². The van der Waals surface area contributed by atoms with Crippen LogP contribution in [0.4, 0.5) is 17.5 Å². The number of hydrogen-bond donors (Lipinski definition) is 3. The van der Waals surface area contributed by atoms with E-state index in [0.29, 0.717) is 23.3 Å². The number of amides is 1.